The fourth-order valence-corrected chi connectivity index (χ4v) is 4.96. The number of hydrogen-bond acceptors (Lipinski definition) is 6. The molecule has 0 fully saturated rings. The Hall–Kier alpha value is -5.04. The van der Waals surface area contributed by atoms with Gasteiger partial charge >= 0.3 is 0 Å². The molecule has 7 nitrogen and oxygen atoms in total. The maximum absolute atomic E-state index is 5.78. The molecule has 4 aromatic carbocycles. The zero-order chi connectivity index (χ0) is 26.9. The number of nitrogens with zero attached hydrogens (tertiary/aromatic N) is 3. The van der Waals surface area contributed by atoms with E-state index in [2.05, 4.69) is 12.1 Å². The molecule has 0 aliphatic heterocycles. The van der Waals surface area contributed by atoms with Crippen molar-refractivity contribution in [2.45, 2.75) is 0 Å². The standard InChI is InChI=1S/C32H27N3O4/c1-36-22-15-16-26(37-2)25(17-22)31-24-19-28(39-4)27(38-3)18-23(24)29-30(20-11-7-5-8-12-20)34-35(32(29)33-31)21-13-9-6-10-14-21/h5-19H,1-4H3. The first-order valence-electron chi connectivity index (χ1n) is 12.5. The van der Waals surface area contributed by atoms with Gasteiger partial charge in [-0.15, -0.1) is 0 Å². The molecule has 6 rings (SSSR count). The van der Waals surface area contributed by atoms with E-state index in [1.165, 1.54) is 0 Å². The predicted molar refractivity (Wildman–Crippen MR) is 153 cm³/mol. The molecular formula is C32H27N3O4. The summed E-state index contributed by atoms with van der Waals surface area (Å²) in [6.07, 6.45) is 0. The van der Waals surface area contributed by atoms with Crippen molar-refractivity contribution in [3.63, 3.8) is 0 Å². The normalized spacial score (nSPS) is 11.1. The van der Waals surface area contributed by atoms with Gasteiger partial charge in [0.05, 0.1) is 45.2 Å². The Labute approximate surface area is 226 Å². The van der Waals surface area contributed by atoms with Crippen LogP contribution in [-0.4, -0.2) is 43.2 Å². The molecule has 0 bridgehead atoms. The molecule has 39 heavy (non-hydrogen) atoms. The van der Waals surface area contributed by atoms with Gasteiger partial charge in [-0.05, 0) is 42.5 Å². The number of rotatable bonds is 7. The van der Waals surface area contributed by atoms with Gasteiger partial charge in [0.25, 0.3) is 0 Å². The van der Waals surface area contributed by atoms with Crippen LogP contribution in [0.1, 0.15) is 0 Å². The first-order chi connectivity index (χ1) is 19.2. The first kappa shape index (κ1) is 24.3. The largest absolute Gasteiger partial charge is 0.497 e. The number of fused-ring (bicyclic) bond motifs is 3. The highest BCUT2D eigenvalue weighted by molar-refractivity contribution is 6.16. The van der Waals surface area contributed by atoms with Crippen molar-refractivity contribution in [2.24, 2.45) is 0 Å². The van der Waals surface area contributed by atoms with Gasteiger partial charge in [-0.2, -0.15) is 5.10 Å². The molecule has 0 saturated carbocycles. The third-order valence-electron chi connectivity index (χ3n) is 6.84. The molecule has 0 saturated heterocycles. The minimum atomic E-state index is 0.603. The van der Waals surface area contributed by atoms with Crippen LogP contribution in [0.25, 0.3) is 50.0 Å². The number of aromatic nitrogens is 3. The van der Waals surface area contributed by atoms with Gasteiger partial charge in [-0.25, -0.2) is 9.67 Å². The van der Waals surface area contributed by atoms with Crippen LogP contribution in [0.15, 0.2) is 91.0 Å². The van der Waals surface area contributed by atoms with Crippen LogP contribution in [0, 0.1) is 0 Å². The van der Waals surface area contributed by atoms with Crippen molar-refractivity contribution in [2.75, 3.05) is 28.4 Å². The molecule has 0 aliphatic rings. The second kappa shape index (κ2) is 10.0. The van der Waals surface area contributed by atoms with E-state index in [-0.39, 0.29) is 0 Å². The summed E-state index contributed by atoms with van der Waals surface area (Å²) in [4.78, 5) is 5.28. The highest BCUT2D eigenvalue weighted by Gasteiger charge is 2.24. The molecule has 0 radical (unpaired) electrons. The van der Waals surface area contributed by atoms with Gasteiger partial charge in [0, 0.05) is 21.9 Å². The molecule has 194 valence electrons. The van der Waals surface area contributed by atoms with Crippen LogP contribution < -0.4 is 18.9 Å². The van der Waals surface area contributed by atoms with Crippen LogP contribution in [-0.2, 0) is 0 Å². The zero-order valence-corrected chi connectivity index (χ0v) is 22.1. The van der Waals surface area contributed by atoms with E-state index in [1.807, 2.05) is 83.5 Å². The molecule has 0 N–H and O–H groups in total. The summed E-state index contributed by atoms with van der Waals surface area (Å²) in [7, 11) is 6.56. The number of para-hydroxylation sites is 1. The molecular weight excluding hydrogens is 490 g/mol. The van der Waals surface area contributed by atoms with Crippen molar-refractivity contribution in [3.8, 4) is 51.2 Å². The summed E-state index contributed by atoms with van der Waals surface area (Å²) >= 11 is 0. The maximum atomic E-state index is 5.78. The average Bonchev–Trinajstić information content (AvgIpc) is 3.40. The van der Waals surface area contributed by atoms with E-state index < -0.39 is 0 Å². The van der Waals surface area contributed by atoms with Crippen molar-refractivity contribution < 1.29 is 18.9 Å². The third kappa shape index (κ3) is 4.08. The van der Waals surface area contributed by atoms with Gasteiger partial charge in [0.2, 0.25) is 0 Å². The Morgan fingerprint density at radius 3 is 1.87 bits per heavy atom. The summed E-state index contributed by atoms with van der Waals surface area (Å²) in [5.74, 6) is 2.59. The Kier molecular flexibility index (Phi) is 6.25. The number of methoxy groups -OCH3 is 4. The smallest absolute Gasteiger partial charge is 0.164 e. The second-order valence-corrected chi connectivity index (χ2v) is 8.94. The fourth-order valence-electron chi connectivity index (χ4n) is 4.96. The number of ether oxygens (including phenoxy) is 4. The molecule has 2 heterocycles. The summed E-state index contributed by atoms with van der Waals surface area (Å²) < 4.78 is 24.7. The van der Waals surface area contributed by atoms with Crippen molar-refractivity contribution in [1.29, 1.82) is 0 Å². The van der Waals surface area contributed by atoms with Gasteiger partial charge in [-0.1, -0.05) is 48.5 Å². The lowest BCUT2D eigenvalue weighted by Gasteiger charge is -2.16. The average molecular weight is 518 g/mol. The third-order valence-corrected chi connectivity index (χ3v) is 6.84. The van der Waals surface area contributed by atoms with Gasteiger partial charge in [0.1, 0.15) is 17.2 Å². The second-order valence-electron chi connectivity index (χ2n) is 8.94. The fraction of sp³-hybridized carbons (Fsp3) is 0.125. The topological polar surface area (TPSA) is 67.6 Å². The van der Waals surface area contributed by atoms with Crippen molar-refractivity contribution in [3.05, 3.63) is 91.0 Å². The maximum Gasteiger partial charge on any atom is 0.164 e. The van der Waals surface area contributed by atoms with E-state index in [4.69, 9.17) is 29.0 Å². The Morgan fingerprint density at radius 1 is 0.590 bits per heavy atom. The van der Waals surface area contributed by atoms with E-state index in [0.717, 1.165) is 38.7 Å². The summed E-state index contributed by atoms with van der Waals surface area (Å²) in [5.41, 5.74) is 4.93. The number of pyridine rings is 1. The lowest BCUT2D eigenvalue weighted by atomic mass is 9.98. The predicted octanol–water partition coefficient (Wildman–Crippen LogP) is 6.94. The molecule has 0 aliphatic carbocycles. The molecule has 0 unspecified atom stereocenters. The molecule has 7 heteroatoms. The van der Waals surface area contributed by atoms with Crippen LogP contribution in [0.5, 0.6) is 23.0 Å². The van der Waals surface area contributed by atoms with Crippen LogP contribution >= 0.6 is 0 Å². The summed E-state index contributed by atoms with van der Waals surface area (Å²) in [6.45, 7) is 0. The quantitative estimate of drug-likeness (QED) is 0.228. The lowest BCUT2D eigenvalue weighted by molar-refractivity contribution is 0.356. The van der Waals surface area contributed by atoms with Gasteiger partial charge < -0.3 is 18.9 Å². The molecule has 0 amide bonds. The van der Waals surface area contributed by atoms with E-state index >= 15 is 0 Å². The Bertz CT molecular complexity index is 1800. The monoisotopic (exact) mass is 517 g/mol. The summed E-state index contributed by atoms with van der Waals surface area (Å²) in [5, 5.41) is 7.83. The molecule has 6 aromatic rings. The zero-order valence-electron chi connectivity index (χ0n) is 22.1. The molecule has 0 spiro atoms. The number of hydrogen-bond donors (Lipinski definition) is 0. The van der Waals surface area contributed by atoms with E-state index in [1.54, 1.807) is 28.4 Å². The SMILES string of the molecule is COc1ccc(OC)c(-c2nc3c(c(-c4ccccc4)nn3-c3ccccc3)c3cc(OC)c(OC)cc23)c1. The van der Waals surface area contributed by atoms with Gasteiger partial charge in [-0.3, -0.25) is 0 Å². The van der Waals surface area contributed by atoms with Crippen molar-refractivity contribution in [1.82, 2.24) is 14.8 Å². The minimum Gasteiger partial charge on any atom is -0.497 e. The lowest BCUT2D eigenvalue weighted by Crippen LogP contribution is -2.00. The minimum absolute atomic E-state index is 0.603. The van der Waals surface area contributed by atoms with Crippen LogP contribution in [0.2, 0.25) is 0 Å². The molecule has 0 atom stereocenters. The van der Waals surface area contributed by atoms with Crippen LogP contribution in [0.4, 0.5) is 0 Å². The van der Waals surface area contributed by atoms with E-state index in [0.29, 0.717) is 34.3 Å². The Morgan fingerprint density at radius 2 is 1.23 bits per heavy atom. The van der Waals surface area contributed by atoms with Crippen LogP contribution in [0.3, 0.4) is 0 Å². The first-order valence-corrected chi connectivity index (χ1v) is 12.5. The Balaban J connectivity index is 1.83. The highest BCUT2D eigenvalue weighted by Crippen LogP contribution is 2.45. The van der Waals surface area contributed by atoms with E-state index in [9.17, 15) is 0 Å². The summed E-state index contributed by atoms with van der Waals surface area (Å²) in [6, 6.07) is 29.8. The van der Waals surface area contributed by atoms with Gasteiger partial charge in [0.15, 0.2) is 17.1 Å². The highest BCUT2D eigenvalue weighted by atomic mass is 16.5. The molecule has 2 aromatic heterocycles. The number of benzene rings is 4. The van der Waals surface area contributed by atoms with Crippen molar-refractivity contribution >= 4 is 21.8 Å².